The van der Waals surface area contributed by atoms with Crippen molar-refractivity contribution in [3.63, 3.8) is 0 Å². The molecule has 1 aliphatic heterocycles. The molecule has 0 N–H and O–H groups in total. The first kappa shape index (κ1) is 13.8. The molecule has 102 valence electrons. The molecule has 1 saturated heterocycles. The monoisotopic (exact) mass is 299 g/mol. The Labute approximate surface area is 107 Å². The SMILES string of the molecule is O=S(=O)(c1cccs1)N1CCCC(C(F)(F)F)C1. The minimum Gasteiger partial charge on any atom is -0.206 e. The largest absolute Gasteiger partial charge is 0.393 e. The van der Waals surface area contributed by atoms with Gasteiger partial charge < -0.3 is 0 Å². The third-order valence-corrected chi connectivity index (χ3v) is 6.17. The van der Waals surface area contributed by atoms with Gasteiger partial charge in [-0.15, -0.1) is 11.3 Å². The summed E-state index contributed by atoms with van der Waals surface area (Å²) in [5.41, 5.74) is 0. The van der Waals surface area contributed by atoms with Gasteiger partial charge in [0.15, 0.2) is 0 Å². The number of hydrogen-bond acceptors (Lipinski definition) is 3. The second-order valence-corrected chi connectivity index (χ2v) is 7.29. The first-order chi connectivity index (χ1) is 8.32. The predicted molar refractivity (Wildman–Crippen MR) is 61.9 cm³/mol. The molecule has 8 heteroatoms. The molecule has 18 heavy (non-hydrogen) atoms. The fraction of sp³-hybridized carbons (Fsp3) is 0.600. The normalized spacial score (nSPS) is 23.2. The molecule has 0 spiro atoms. The van der Waals surface area contributed by atoms with Crippen LogP contribution in [0.15, 0.2) is 21.7 Å². The van der Waals surface area contributed by atoms with Crippen molar-refractivity contribution in [1.82, 2.24) is 4.31 Å². The molecule has 2 rings (SSSR count). The summed E-state index contributed by atoms with van der Waals surface area (Å²) in [6.45, 7) is -0.309. The van der Waals surface area contributed by atoms with E-state index in [1.54, 1.807) is 11.4 Å². The minimum absolute atomic E-state index is 0.0000392. The maximum Gasteiger partial charge on any atom is 0.393 e. The third kappa shape index (κ3) is 2.70. The summed E-state index contributed by atoms with van der Waals surface area (Å²) in [6, 6.07) is 2.99. The van der Waals surface area contributed by atoms with Crippen molar-refractivity contribution < 1.29 is 21.6 Å². The van der Waals surface area contributed by atoms with Crippen molar-refractivity contribution >= 4 is 21.4 Å². The van der Waals surface area contributed by atoms with Crippen molar-refractivity contribution in [1.29, 1.82) is 0 Å². The highest BCUT2D eigenvalue weighted by atomic mass is 32.2. The van der Waals surface area contributed by atoms with Crippen molar-refractivity contribution in [2.45, 2.75) is 23.2 Å². The number of hydrogen-bond donors (Lipinski definition) is 0. The van der Waals surface area contributed by atoms with E-state index < -0.39 is 28.7 Å². The van der Waals surface area contributed by atoms with Gasteiger partial charge in [-0.1, -0.05) is 6.07 Å². The van der Waals surface area contributed by atoms with E-state index in [0.29, 0.717) is 0 Å². The summed E-state index contributed by atoms with van der Waals surface area (Å²) in [5.74, 6) is -1.55. The van der Waals surface area contributed by atoms with E-state index in [1.165, 1.54) is 6.07 Å². The van der Waals surface area contributed by atoms with E-state index in [2.05, 4.69) is 0 Å². The smallest absolute Gasteiger partial charge is 0.206 e. The number of nitrogens with zero attached hydrogens (tertiary/aromatic N) is 1. The Morgan fingerprint density at radius 3 is 2.67 bits per heavy atom. The number of sulfonamides is 1. The van der Waals surface area contributed by atoms with E-state index in [9.17, 15) is 21.6 Å². The molecule has 0 radical (unpaired) electrons. The van der Waals surface area contributed by atoms with Crippen LogP contribution in [-0.2, 0) is 10.0 Å². The minimum atomic E-state index is -4.33. The Kier molecular flexibility index (Phi) is 3.70. The Morgan fingerprint density at radius 2 is 2.11 bits per heavy atom. The van der Waals surface area contributed by atoms with Crippen molar-refractivity contribution in [2.24, 2.45) is 5.92 Å². The topological polar surface area (TPSA) is 37.4 Å². The summed E-state index contributed by atoms with van der Waals surface area (Å²) in [7, 11) is -3.76. The summed E-state index contributed by atoms with van der Waals surface area (Å²) in [6.07, 6.45) is -4.08. The first-order valence-electron chi connectivity index (χ1n) is 5.42. The molecular formula is C10H12F3NO2S2. The lowest BCUT2D eigenvalue weighted by atomic mass is 9.99. The molecule has 0 amide bonds. The Hall–Kier alpha value is -0.600. The molecule has 1 unspecified atom stereocenters. The Morgan fingerprint density at radius 1 is 1.39 bits per heavy atom. The van der Waals surface area contributed by atoms with Gasteiger partial charge >= 0.3 is 6.18 Å². The van der Waals surface area contributed by atoms with Crippen LogP contribution >= 0.6 is 11.3 Å². The average Bonchev–Trinajstić information content (AvgIpc) is 2.82. The van der Waals surface area contributed by atoms with Crippen molar-refractivity contribution in [3.05, 3.63) is 17.5 Å². The lowest BCUT2D eigenvalue weighted by Gasteiger charge is -2.32. The molecule has 3 nitrogen and oxygen atoms in total. The molecule has 0 saturated carbocycles. The highest BCUT2D eigenvalue weighted by Gasteiger charge is 2.44. The van der Waals surface area contributed by atoms with Gasteiger partial charge in [0.25, 0.3) is 10.0 Å². The van der Waals surface area contributed by atoms with E-state index in [-0.39, 0.29) is 23.6 Å². The Balaban J connectivity index is 2.20. The number of rotatable bonds is 2. The maximum atomic E-state index is 12.6. The van der Waals surface area contributed by atoms with Crippen LogP contribution < -0.4 is 0 Å². The predicted octanol–water partition coefficient (Wildman–Crippen LogP) is 2.71. The summed E-state index contributed by atoms with van der Waals surface area (Å²) in [4.78, 5) is 0. The number of piperidine rings is 1. The van der Waals surface area contributed by atoms with Crippen LogP contribution in [0, 0.1) is 5.92 Å². The standard InChI is InChI=1S/C10H12F3NO2S2/c11-10(12,13)8-3-1-5-14(7-8)18(15,16)9-4-2-6-17-9/h2,4,6,8H,1,3,5,7H2. The van der Waals surface area contributed by atoms with Gasteiger partial charge in [0, 0.05) is 13.1 Å². The van der Waals surface area contributed by atoms with Crippen LogP contribution in [0.2, 0.25) is 0 Å². The van der Waals surface area contributed by atoms with Crippen LogP contribution in [-0.4, -0.2) is 32.0 Å². The van der Waals surface area contributed by atoms with Gasteiger partial charge in [-0.25, -0.2) is 8.42 Å². The second-order valence-electron chi connectivity index (χ2n) is 4.18. The second kappa shape index (κ2) is 4.82. The molecular weight excluding hydrogens is 287 g/mol. The van der Waals surface area contributed by atoms with E-state index in [0.717, 1.165) is 15.6 Å². The molecule has 1 atom stereocenters. The summed E-state index contributed by atoms with van der Waals surface area (Å²) in [5, 5.41) is 1.60. The highest BCUT2D eigenvalue weighted by molar-refractivity contribution is 7.91. The zero-order chi connectivity index (χ0) is 13.4. The zero-order valence-electron chi connectivity index (χ0n) is 9.35. The molecule has 1 aromatic heterocycles. The fourth-order valence-electron chi connectivity index (χ4n) is 1.97. The summed E-state index contributed by atoms with van der Waals surface area (Å²) < 4.78 is 63.1. The van der Waals surface area contributed by atoms with Gasteiger partial charge in [-0.05, 0) is 24.3 Å². The van der Waals surface area contributed by atoms with Crippen LogP contribution in [0.3, 0.4) is 0 Å². The zero-order valence-corrected chi connectivity index (χ0v) is 11.0. The highest BCUT2D eigenvalue weighted by Crippen LogP contribution is 2.35. The molecule has 1 aliphatic rings. The number of thiophene rings is 1. The molecule has 0 aliphatic carbocycles. The van der Waals surface area contributed by atoms with Gasteiger partial charge in [0.05, 0.1) is 5.92 Å². The van der Waals surface area contributed by atoms with Crippen LogP contribution in [0.25, 0.3) is 0 Å². The molecule has 1 aromatic rings. The Bertz CT molecular complexity index is 496. The maximum absolute atomic E-state index is 12.6. The lowest BCUT2D eigenvalue weighted by Crippen LogP contribution is -2.44. The van der Waals surface area contributed by atoms with Crippen LogP contribution in [0.1, 0.15) is 12.8 Å². The van der Waals surface area contributed by atoms with Crippen LogP contribution in [0.5, 0.6) is 0 Å². The number of alkyl halides is 3. The average molecular weight is 299 g/mol. The van der Waals surface area contributed by atoms with Crippen molar-refractivity contribution in [3.8, 4) is 0 Å². The number of halogens is 3. The molecule has 1 fully saturated rings. The van der Waals surface area contributed by atoms with Gasteiger partial charge in [0.2, 0.25) is 0 Å². The third-order valence-electron chi connectivity index (χ3n) is 2.94. The molecule has 0 aromatic carbocycles. The summed E-state index contributed by atoms with van der Waals surface area (Å²) >= 11 is 1.02. The quantitative estimate of drug-likeness (QED) is 0.842. The van der Waals surface area contributed by atoms with E-state index in [1.807, 2.05) is 0 Å². The van der Waals surface area contributed by atoms with E-state index in [4.69, 9.17) is 0 Å². The van der Waals surface area contributed by atoms with E-state index >= 15 is 0 Å². The molecule has 2 heterocycles. The fourth-order valence-corrected chi connectivity index (χ4v) is 4.63. The van der Waals surface area contributed by atoms with Crippen molar-refractivity contribution in [2.75, 3.05) is 13.1 Å². The van der Waals surface area contributed by atoms with Gasteiger partial charge in [-0.3, -0.25) is 0 Å². The van der Waals surface area contributed by atoms with Gasteiger partial charge in [0.1, 0.15) is 4.21 Å². The van der Waals surface area contributed by atoms with Gasteiger partial charge in [-0.2, -0.15) is 17.5 Å². The molecule has 0 bridgehead atoms. The first-order valence-corrected chi connectivity index (χ1v) is 7.74. The van der Waals surface area contributed by atoms with Crippen LogP contribution in [0.4, 0.5) is 13.2 Å². The lowest BCUT2D eigenvalue weighted by molar-refractivity contribution is -0.182.